The van der Waals surface area contributed by atoms with Gasteiger partial charge in [0.05, 0.1) is 18.6 Å². The van der Waals surface area contributed by atoms with Crippen LogP contribution in [0.2, 0.25) is 0 Å². The van der Waals surface area contributed by atoms with E-state index in [0.29, 0.717) is 0 Å². The number of nitrogens with zero attached hydrogens (tertiary/aromatic N) is 1. The molecule has 5 nitrogen and oxygen atoms in total. The van der Waals surface area contributed by atoms with Crippen LogP contribution in [-0.4, -0.2) is 61.1 Å². The summed E-state index contributed by atoms with van der Waals surface area (Å²) in [5.41, 5.74) is 3.65. The molecule has 1 heterocycles. The molecule has 0 bridgehead atoms. The molecule has 0 fully saturated rings. The average Bonchev–Trinajstić information content (AvgIpc) is 3.00. The molecule has 1 aromatic heterocycles. The molecule has 0 aliphatic heterocycles. The van der Waals surface area contributed by atoms with Crippen molar-refractivity contribution < 1.29 is 24.5 Å². The number of fused-ring (bicyclic) bond motifs is 1. The summed E-state index contributed by atoms with van der Waals surface area (Å²) in [6, 6.07) is 14.4. The molecule has 7 heteroatoms. The monoisotopic (exact) mass is 435 g/mol. The quantitative estimate of drug-likeness (QED) is 0.462. The zero-order valence-electron chi connectivity index (χ0n) is 17.7. The molecule has 31 heavy (non-hydrogen) atoms. The van der Waals surface area contributed by atoms with E-state index in [-0.39, 0.29) is 41.3 Å². The van der Waals surface area contributed by atoms with Crippen molar-refractivity contribution in [2.24, 2.45) is 0 Å². The predicted molar refractivity (Wildman–Crippen MR) is 121 cm³/mol. The van der Waals surface area contributed by atoms with E-state index in [2.05, 4.69) is 18.4 Å². The van der Waals surface area contributed by atoms with Gasteiger partial charge in [-0.25, -0.2) is 4.39 Å². The van der Waals surface area contributed by atoms with Crippen LogP contribution in [0.1, 0.15) is 38.4 Å². The maximum Gasteiger partial charge on any atom is 2.00 e. The first-order valence-corrected chi connectivity index (χ1v) is 9.93. The summed E-state index contributed by atoms with van der Waals surface area (Å²) in [7, 11) is 0. The van der Waals surface area contributed by atoms with Crippen molar-refractivity contribution in [3.63, 3.8) is 0 Å². The molecule has 0 radical (unpaired) electrons. The summed E-state index contributed by atoms with van der Waals surface area (Å²) in [5, 5.41) is 29.9. The fourth-order valence-corrected chi connectivity index (χ4v) is 3.77. The second-order valence-electron chi connectivity index (χ2n) is 7.66. The average molecular weight is 436 g/mol. The summed E-state index contributed by atoms with van der Waals surface area (Å²) in [6.07, 6.45) is 0.727. The number of hydrogen-bond donors (Lipinski definition) is 3. The van der Waals surface area contributed by atoms with E-state index in [1.807, 2.05) is 24.3 Å². The molecular weight excluding hydrogens is 410 g/mol. The number of rotatable bonds is 8. The van der Waals surface area contributed by atoms with E-state index in [1.165, 1.54) is 12.1 Å². The van der Waals surface area contributed by atoms with Crippen molar-refractivity contribution in [3.05, 3.63) is 66.1 Å². The molecule has 158 valence electrons. The summed E-state index contributed by atoms with van der Waals surface area (Å²) in [4.78, 5) is 10.7. The fourth-order valence-electron chi connectivity index (χ4n) is 3.77. The maximum atomic E-state index is 13.5. The van der Waals surface area contributed by atoms with Gasteiger partial charge in [0.1, 0.15) is 5.82 Å². The van der Waals surface area contributed by atoms with Crippen molar-refractivity contribution in [1.82, 2.24) is 4.57 Å². The third-order valence-corrected chi connectivity index (χ3v) is 5.00. The third-order valence-electron chi connectivity index (χ3n) is 5.00. The van der Waals surface area contributed by atoms with E-state index in [4.69, 9.17) is 5.11 Å². The number of carboxylic acids is 1. The van der Waals surface area contributed by atoms with Crippen molar-refractivity contribution >= 4 is 46.0 Å². The smallest absolute Gasteiger partial charge is 0.481 e. The first-order chi connectivity index (χ1) is 14.3. The first kappa shape index (κ1) is 25.1. The molecule has 2 aromatic carbocycles. The van der Waals surface area contributed by atoms with Gasteiger partial charge in [-0.15, -0.1) is 0 Å². The maximum absolute atomic E-state index is 13.5. The SMILES string of the molecule is CC(C)n1c(/C=C/[C@@H](O)C[C@@H](O)CC(=O)O)c(-c2ccc(F)cc2)c2ccccc21.[Mg+2]. The third kappa shape index (κ3) is 5.95. The summed E-state index contributed by atoms with van der Waals surface area (Å²) in [5.74, 6) is -1.43. The number of aromatic nitrogens is 1. The number of halogens is 1. The number of carboxylic acid groups (broad SMARTS) is 1. The molecule has 3 aromatic rings. The van der Waals surface area contributed by atoms with Crippen LogP contribution in [0.15, 0.2) is 54.6 Å². The van der Waals surface area contributed by atoms with Crippen LogP contribution >= 0.6 is 0 Å². The summed E-state index contributed by atoms with van der Waals surface area (Å²) >= 11 is 0. The minimum atomic E-state index is -1.13. The van der Waals surface area contributed by atoms with Crippen molar-refractivity contribution in [3.8, 4) is 11.1 Å². The van der Waals surface area contributed by atoms with Gasteiger partial charge in [0.2, 0.25) is 0 Å². The normalized spacial score (nSPS) is 13.5. The van der Waals surface area contributed by atoms with Gasteiger partial charge in [-0.2, -0.15) is 0 Å². The number of aliphatic hydroxyl groups is 2. The van der Waals surface area contributed by atoms with Crippen LogP contribution in [0, 0.1) is 5.82 Å². The van der Waals surface area contributed by atoms with Crippen molar-refractivity contribution in [2.75, 3.05) is 0 Å². The predicted octanol–water partition coefficient (Wildman–Crippen LogP) is 4.25. The molecule has 0 saturated heterocycles. The van der Waals surface area contributed by atoms with Crippen LogP contribution in [-0.2, 0) is 4.79 Å². The number of para-hydroxylation sites is 1. The molecule has 3 rings (SSSR count). The van der Waals surface area contributed by atoms with Crippen LogP contribution < -0.4 is 0 Å². The topological polar surface area (TPSA) is 82.7 Å². The number of aliphatic carboxylic acids is 1. The number of carbonyl (C=O) groups is 1. The van der Waals surface area contributed by atoms with E-state index in [1.54, 1.807) is 24.3 Å². The first-order valence-electron chi connectivity index (χ1n) is 9.93. The second-order valence-corrected chi connectivity index (χ2v) is 7.66. The number of aliphatic hydroxyl groups excluding tert-OH is 2. The van der Waals surface area contributed by atoms with Gasteiger partial charge in [-0.05, 0) is 43.7 Å². The zero-order chi connectivity index (χ0) is 21.8. The van der Waals surface area contributed by atoms with Crippen molar-refractivity contribution in [1.29, 1.82) is 0 Å². The van der Waals surface area contributed by atoms with E-state index >= 15 is 0 Å². The van der Waals surface area contributed by atoms with Gasteiger partial charge in [-0.3, -0.25) is 4.79 Å². The van der Waals surface area contributed by atoms with Gasteiger partial charge < -0.3 is 19.9 Å². The Morgan fingerprint density at radius 3 is 2.35 bits per heavy atom. The molecule has 0 aliphatic rings. The Morgan fingerprint density at radius 2 is 1.74 bits per heavy atom. The molecule has 0 spiro atoms. The van der Waals surface area contributed by atoms with Gasteiger partial charge in [-0.1, -0.05) is 36.4 Å². The number of hydrogen-bond acceptors (Lipinski definition) is 3. The Labute approximate surface area is 197 Å². The molecule has 0 amide bonds. The van der Waals surface area contributed by atoms with E-state index < -0.39 is 24.6 Å². The molecular formula is C24H26FMgNO4+2. The van der Waals surface area contributed by atoms with Gasteiger partial charge in [0.15, 0.2) is 0 Å². The molecule has 0 saturated carbocycles. The van der Waals surface area contributed by atoms with Crippen molar-refractivity contribution in [2.45, 2.75) is 44.9 Å². The van der Waals surface area contributed by atoms with Gasteiger partial charge in [0.25, 0.3) is 0 Å². The Morgan fingerprint density at radius 1 is 1.10 bits per heavy atom. The van der Waals surface area contributed by atoms with Gasteiger partial charge in [0, 0.05) is 34.6 Å². The number of benzene rings is 2. The van der Waals surface area contributed by atoms with Crippen LogP contribution in [0.5, 0.6) is 0 Å². The standard InChI is InChI=1S/C24H26FNO4.Mg/c1-15(2)26-21-6-4-3-5-20(21)24(16-7-9-17(25)10-8-16)22(26)12-11-18(27)13-19(28)14-23(29)30;/h3-12,15,18-19,27-28H,13-14H2,1-2H3,(H,29,30);/q;+2/b12-11+;/t18-,19-;/m1./s1. The zero-order valence-corrected chi connectivity index (χ0v) is 19.1. The molecule has 0 aliphatic carbocycles. The second kappa shape index (κ2) is 10.9. The summed E-state index contributed by atoms with van der Waals surface area (Å²) < 4.78 is 15.6. The van der Waals surface area contributed by atoms with Crippen LogP contribution in [0.25, 0.3) is 28.1 Å². The summed E-state index contributed by atoms with van der Waals surface area (Å²) in [6.45, 7) is 4.12. The Balaban J connectivity index is 0.00000341. The molecule has 3 N–H and O–H groups in total. The Kier molecular flexibility index (Phi) is 8.82. The minimum Gasteiger partial charge on any atom is -0.481 e. The van der Waals surface area contributed by atoms with E-state index in [9.17, 15) is 19.4 Å². The molecule has 2 atom stereocenters. The minimum absolute atomic E-state index is 0. The van der Waals surface area contributed by atoms with Crippen LogP contribution in [0.3, 0.4) is 0 Å². The van der Waals surface area contributed by atoms with Crippen LogP contribution in [0.4, 0.5) is 4.39 Å². The fraction of sp³-hybridized carbons (Fsp3) is 0.292. The Hall–Kier alpha value is -2.19. The Bertz CT molecular complexity index is 1060. The largest absolute Gasteiger partial charge is 2.00 e. The molecule has 0 unspecified atom stereocenters. The van der Waals surface area contributed by atoms with E-state index in [0.717, 1.165) is 27.7 Å². The van der Waals surface area contributed by atoms with Gasteiger partial charge >= 0.3 is 29.0 Å².